The Morgan fingerprint density at radius 1 is 1.00 bits per heavy atom. The molecule has 0 radical (unpaired) electrons. The molecule has 61 heavy (non-hydrogen) atoms. The fourth-order valence-electron chi connectivity index (χ4n) is 9.12. The smallest absolute Gasteiger partial charge is 0.269 e. The number of hydrogen-bond donors (Lipinski definition) is 2. The summed E-state index contributed by atoms with van der Waals surface area (Å²) in [6.45, 7) is 8.84. The molecule has 0 saturated heterocycles. The third-order valence-corrected chi connectivity index (χ3v) is 13.5. The van der Waals surface area contributed by atoms with E-state index in [1.54, 1.807) is 48.6 Å². The van der Waals surface area contributed by atoms with Crippen LogP contribution in [0.25, 0.3) is 0 Å². The van der Waals surface area contributed by atoms with E-state index in [1.165, 1.54) is 17.7 Å². The molecule has 1 fully saturated rings. The normalized spacial score (nSPS) is 23.3. The third-order valence-electron chi connectivity index (χ3n) is 12.2. The number of fused-ring (bicyclic) bond motifs is 2. The van der Waals surface area contributed by atoms with Crippen LogP contribution < -0.4 is 9.47 Å². The van der Waals surface area contributed by atoms with Crippen LogP contribution in [0.1, 0.15) is 78.8 Å². The van der Waals surface area contributed by atoms with Crippen molar-refractivity contribution in [2.75, 3.05) is 25.6 Å². The van der Waals surface area contributed by atoms with Gasteiger partial charge in [0.2, 0.25) is 5.79 Å². The summed E-state index contributed by atoms with van der Waals surface area (Å²) in [6.07, 6.45) is 15.3. The topological polar surface area (TPSA) is 159 Å². The van der Waals surface area contributed by atoms with Gasteiger partial charge in [0.15, 0.2) is 0 Å². The minimum atomic E-state index is -1.12. The average molecular weight is 849 g/mol. The lowest BCUT2D eigenvalue weighted by Crippen LogP contribution is -2.64. The van der Waals surface area contributed by atoms with E-state index in [1.807, 2.05) is 18.2 Å². The van der Waals surface area contributed by atoms with E-state index in [9.17, 15) is 20.3 Å². The zero-order chi connectivity index (χ0) is 42.8. The third kappa shape index (κ3) is 10.2. The van der Waals surface area contributed by atoms with Gasteiger partial charge in [-0.3, -0.25) is 20.1 Å². The van der Waals surface area contributed by atoms with Gasteiger partial charge in [-0.05, 0) is 122 Å². The minimum absolute atomic E-state index is 0.0128. The monoisotopic (exact) mass is 848 g/mol. The highest BCUT2D eigenvalue weighted by Crippen LogP contribution is 2.62. The molecular formula is C48H56N4O8S. The first-order chi connectivity index (χ1) is 29.7. The molecule has 0 unspecified atom stereocenters. The summed E-state index contributed by atoms with van der Waals surface area (Å²) in [5.41, 5.74) is 6.86. The highest BCUT2D eigenvalue weighted by atomic mass is 32.2. The van der Waals surface area contributed by atoms with Crippen LogP contribution in [0.15, 0.2) is 109 Å². The molecule has 0 spiro atoms. The Balaban J connectivity index is 1.35. The second-order valence-corrected chi connectivity index (χ2v) is 17.4. The maximum atomic E-state index is 11.3. The Kier molecular flexibility index (Phi) is 14.9. The number of oxime groups is 1. The van der Waals surface area contributed by atoms with Crippen LogP contribution in [0.3, 0.4) is 0 Å². The molecule has 1 saturated carbocycles. The number of benzene rings is 3. The number of ether oxygens (including phenoxy) is 3. The zero-order valence-corrected chi connectivity index (χ0v) is 35.8. The second kappa shape index (κ2) is 20.7. The lowest BCUT2D eigenvalue weighted by molar-refractivity contribution is -0.384. The highest BCUT2D eigenvalue weighted by Gasteiger charge is 2.64. The van der Waals surface area contributed by atoms with E-state index in [0.29, 0.717) is 31.4 Å². The average Bonchev–Trinajstić information content (AvgIpc) is 3.26. The molecule has 2 aliphatic carbocycles. The molecule has 2 N–H and O–H groups in total. The van der Waals surface area contributed by atoms with Gasteiger partial charge in [-0.25, -0.2) is 0 Å². The highest BCUT2D eigenvalue weighted by molar-refractivity contribution is 8.00. The largest absolute Gasteiger partial charge is 0.460 e. The Labute approximate surface area is 362 Å². The summed E-state index contributed by atoms with van der Waals surface area (Å²) >= 11 is 1.76. The van der Waals surface area contributed by atoms with Crippen LogP contribution in [-0.4, -0.2) is 67.4 Å². The van der Waals surface area contributed by atoms with Gasteiger partial charge in [-0.15, -0.1) is 6.58 Å². The summed E-state index contributed by atoms with van der Waals surface area (Å²) in [5, 5.41) is 35.8. The molecule has 2 heterocycles. The minimum Gasteiger partial charge on any atom is -0.460 e. The number of hydrogen-bond acceptors (Lipinski definition) is 12. The van der Waals surface area contributed by atoms with Crippen molar-refractivity contribution in [2.24, 2.45) is 22.9 Å². The molecule has 1 aromatic heterocycles. The number of unbranched alkanes of at least 4 members (excludes halogenated alkanes) is 2. The predicted octanol–water partition coefficient (Wildman–Crippen LogP) is 9.60. The van der Waals surface area contributed by atoms with Gasteiger partial charge in [0, 0.05) is 68.3 Å². The first-order valence-corrected chi connectivity index (χ1v) is 22.3. The molecule has 3 aliphatic rings. The molecular weight excluding hydrogens is 793 g/mol. The summed E-state index contributed by atoms with van der Waals surface area (Å²) in [7, 11) is 0. The van der Waals surface area contributed by atoms with Crippen LogP contribution >= 0.6 is 11.8 Å². The van der Waals surface area contributed by atoms with Gasteiger partial charge in [0.25, 0.3) is 5.69 Å². The van der Waals surface area contributed by atoms with Crippen molar-refractivity contribution in [3.05, 3.63) is 142 Å². The van der Waals surface area contributed by atoms with E-state index >= 15 is 0 Å². The number of thioether (sulfide) groups is 1. The number of rotatable bonds is 21. The summed E-state index contributed by atoms with van der Waals surface area (Å²) in [6, 6.07) is 18.5. The molecule has 6 atom stereocenters. The van der Waals surface area contributed by atoms with Gasteiger partial charge in [-0.2, -0.15) is 11.8 Å². The van der Waals surface area contributed by atoms with Crippen LogP contribution in [0.2, 0.25) is 0 Å². The SMILES string of the molecule is C=CCO[C@@]12Oc3ccc(Oc4ccc(C)c(C)c4)cc3[C@H]3[C@H](CCCCO)[C@@H](CCCCO)C=C(C(=NOCc4ccc([N+](=O)[O-])cc4)C[C@@H]1SCCc1cnccn1)[C@H]32. The Morgan fingerprint density at radius 2 is 1.77 bits per heavy atom. The molecule has 1 aliphatic heterocycles. The molecule has 3 aromatic carbocycles. The van der Waals surface area contributed by atoms with Crippen molar-refractivity contribution in [3.8, 4) is 17.2 Å². The van der Waals surface area contributed by atoms with Crippen molar-refractivity contribution in [2.45, 2.75) is 88.8 Å². The fraction of sp³-hybridized carbons (Fsp3) is 0.438. The Bertz CT molecular complexity index is 2180. The lowest BCUT2D eigenvalue weighted by Gasteiger charge is -2.58. The van der Waals surface area contributed by atoms with E-state index < -0.39 is 10.7 Å². The standard InChI is InChI=1S/C48H56N4O8S/c1-4-24-57-48-45(61-25-19-36-30-49-20-21-50-36)29-43(51-58-31-34-12-14-37(15-13-34)52(55)56)41-27-35(9-5-7-22-53)40(10-6-8-23-54)46(47(41)48)42-28-39(17-18-44(42)60-48)59-38-16-11-32(2)33(3)26-38/h4,11-18,20-21,26-28,30,35,40,45-47,53-54H,1,5-10,19,22-25,29,31H2,2-3H3/t35-,40+,45-,46+,47+,48+/m0/s1. The number of nitrogens with zero attached hydrogens (tertiary/aromatic N) is 4. The quantitative estimate of drug-likeness (QED) is 0.0356. The Hall–Kier alpha value is -5.08. The maximum Gasteiger partial charge on any atom is 0.269 e. The van der Waals surface area contributed by atoms with Crippen LogP contribution in [0, 0.1) is 41.7 Å². The van der Waals surface area contributed by atoms with Crippen molar-refractivity contribution in [1.29, 1.82) is 0 Å². The van der Waals surface area contributed by atoms with Crippen molar-refractivity contribution < 1.29 is 34.2 Å². The summed E-state index contributed by atoms with van der Waals surface area (Å²) < 4.78 is 21.0. The number of aryl methyl sites for hydroxylation is 3. The molecule has 4 aromatic rings. The van der Waals surface area contributed by atoms with E-state index in [2.05, 4.69) is 54.7 Å². The molecule has 12 nitrogen and oxygen atoms in total. The summed E-state index contributed by atoms with van der Waals surface area (Å²) in [5.74, 6) is 1.65. The predicted molar refractivity (Wildman–Crippen MR) is 237 cm³/mol. The molecule has 322 valence electrons. The number of non-ortho nitro benzene ring substituents is 1. The van der Waals surface area contributed by atoms with Crippen LogP contribution in [-0.2, 0) is 22.6 Å². The Morgan fingerprint density at radius 3 is 2.49 bits per heavy atom. The number of allylic oxidation sites excluding steroid dienone is 1. The van der Waals surface area contributed by atoms with Gasteiger partial charge in [-0.1, -0.05) is 36.2 Å². The molecule has 13 heteroatoms. The van der Waals surface area contributed by atoms with Crippen molar-refractivity contribution in [1.82, 2.24) is 9.97 Å². The van der Waals surface area contributed by atoms with Crippen molar-refractivity contribution in [3.63, 3.8) is 0 Å². The van der Waals surface area contributed by atoms with E-state index in [4.69, 9.17) is 24.2 Å². The fourth-order valence-corrected chi connectivity index (χ4v) is 10.5. The van der Waals surface area contributed by atoms with Gasteiger partial charge in [0.05, 0.1) is 34.1 Å². The lowest BCUT2D eigenvalue weighted by atomic mass is 9.56. The summed E-state index contributed by atoms with van der Waals surface area (Å²) in [4.78, 5) is 25.9. The first kappa shape index (κ1) is 44.0. The van der Waals surface area contributed by atoms with Gasteiger partial charge >= 0.3 is 0 Å². The van der Waals surface area contributed by atoms with E-state index in [-0.39, 0.29) is 61.0 Å². The first-order valence-electron chi connectivity index (χ1n) is 21.3. The molecule has 0 bridgehead atoms. The van der Waals surface area contributed by atoms with E-state index in [0.717, 1.165) is 76.6 Å². The molecule has 0 amide bonds. The zero-order valence-electron chi connectivity index (χ0n) is 35.0. The van der Waals surface area contributed by atoms with Gasteiger partial charge in [0.1, 0.15) is 23.9 Å². The number of aliphatic hydroxyl groups is 2. The number of nitro groups is 1. The number of aliphatic hydroxyl groups excluding tert-OH is 2. The maximum absolute atomic E-state index is 11.3. The van der Waals surface area contributed by atoms with Gasteiger partial charge < -0.3 is 29.3 Å². The second-order valence-electron chi connectivity index (χ2n) is 16.1. The van der Waals surface area contributed by atoms with Crippen LogP contribution in [0.5, 0.6) is 17.2 Å². The van der Waals surface area contributed by atoms with Crippen LogP contribution in [0.4, 0.5) is 5.69 Å². The number of aromatic nitrogens is 2. The van der Waals surface area contributed by atoms with Crippen molar-refractivity contribution >= 4 is 23.2 Å². The number of nitro benzene ring substituents is 1. The molecule has 7 rings (SSSR count).